The number of carbonyl (C=O) groups is 1. The van der Waals surface area contributed by atoms with E-state index in [1.54, 1.807) is 43.7 Å². The fraction of sp³-hybridized carbons (Fsp3) is 0.250. The van der Waals surface area contributed by atoms with Crippen LogP contribution in [0.25, 0.3) is 11.0 Å². The van der Waals surface area contributed by atoms with E-state index in [1.165, 1.54) is 0 Å². The van der Waals surface area contributed by atoms with Gasteiger partial charge in [0.1, 0.15) is 11.3 Å². The van der Waals surface area contributed by atoms with Crippen molar-refractivity contribution in [2.24, 2.45) is 0 Å². The maximum Gasteiger partial charge on any atom is 0.225 e. The van der Waals surface area contributed by atoms with Crippen molar-refractivity contribution >= 4 is 26.7 Å². The van der Waals surface area contributed by atoms with Crippen LogP contribution in [0, 0.1) is 0 Å². The first-order valence-electron chi connectivity index (χ1n) is 8.41. The Labute approximate surface area is 158 Å². The van der Waals surface area contributed by atoms with Gasteiger partial charge in [0.2, 0.25) is 5.91 Å². The van der Waals surface area contributed by atoms with Crippen molar-refractivity contribution < 1.29 is 22.4 Å². The minimum absolute atomic E-state index is 0.145. The van der Waals surface area contributed by atoms with Crippen LogP contribution in [-0.2, 0) is 21.1 Å². The molecule has 0 aliphatic heterocycles. The van der Waals surface area contributed by atoms with Gasteiger partial charge in [0.25, 0.3) is 0 Å². The number of nitrogens with one attached hydrogen (secondary N) is 1. The first-order valence-corrected chi connectivity index (χ1v) is 10.3. The van der Waals surface area contributed by atoms with Crippen LogP contribution in [-0.4, -0.2) is 27.7 Å². The second kappa shape index (κ2) is 7.44. The molecule has 0 unspecified atom stereocenters. The summed E-state index contributed by atoms with van der Waals surface area (Å²) in [6.45, 7) is 1.85. The molecular formula is C20H21NO5S. The molecule has 6 nitrogen and oxygen atoms in total. The maximum atomic E-state index is 12.4. The van der Waals surface area contributed by atoms with E-state index in [2.05, 4.69) is 5.32 Å². The van der Waals surface area contributed by atoms with Gasteiger partial charge in [-0.15, -0.1) is 0 Å². The number of fused-ring (bicyclic) bond motifs is 1. The average molecular weight is 387 g/mol. The monoisotopic (exact) mass is 387 g/mol. The maximum absolute atomic E-state index is 12.4. The van der Waals surface area contributed by atoms with Crippen molar-refractivity contribution in [3.63, 3.8) is 0 Å². The first-order chi connectivity index (χ1) is 12.8. The predicted octanol–water partition coefficient (Wildman–Crippen LogP) is 3.26. The molecule has 0 spiro atoms. The number of ether oxygens (including phenoxy) is 1. The van der Waals surface area contributed by atoms with Crippen molar-refractivity contribution in [3.05, 3.63) is 59.9 Å². The SMILES string of the molecule is COc1ccc2c(CC(=O)N[C@H](C)c3ccc(S(C)(=O)=O)cc3)coc2c1. The van der Waals surface area contributed by atoms with Crippen molar-refractivity contribution in [1.29, 1.82) is 0 Å². The Bertz CT molecular complexity index is 1070. The zero-order valence-electron chi connectivity index (χ0n) is 15.4. The highest BCUT2D eigenvalue weighted by Gasteiger charge is 2.15. The number of rotatable bonds is 6. The number of hydrogen-bond acceptors (Lipinski definition) is 5. The molecular weight excluding hydrogens is 366 g/mol. The Kier molecular flexibility index (Phi) is 5.23. The third kappa shape index (κ3) is 4.31. The zero-order chi connectivity index (χ0) is 19.6. The summed E-state index contributed by atoms with van der Waals surface area (Å²) in [5.41, 5.74) is 2.30. The Balaban J connectivity index is 1.68. The van der Waals surface area contributed by atoms with E-state index >= 15 is 0 Å². The molecule has 7 heteroatoms. The molecule has 1 N–H and O–H groups in total. The largest absolute Gasteiger partial charge is 0.497 e. The molecule has 27 heavy (non-hydrogen) atoms. The lowest BCUT2D eigenvalue weighted by atomic mass is 10.1. The summed E-state index contributed by atoms with van der Waals surface area (Å²) in [5, 5.41) is 3.80. The lowest BCUT2D eigenvalue weighted by Gasteiger charge is -2.14. The molecule has 142 valence electrons. The number of amides is 1. The molecule has 0 saturated heterocycles. The smallest absolute Gasteiger partial charge is 0.225 e. The highest BCUT2D eigenvalue weighted by Crippen LogP contribution is 2.26. The summed E-state index contributed by atoms with van der Waals surface area (Å²) in [6.07, 6.45) is 2.93. The quantitative estimate of drug-likeness (QED) is 0.702. The van der Waals surface area contributed by atoms with Crippen LogP contribution in [0.3, 0.4) is 0 Å². The molecule has 0 radical (unpaired) electrons. The number of furan rings is 1. The van der Waals surface area contributed by atoms with Crippen LogP contribution < -0.4 is 10.1 Å². The molecule has 0 saturated carbocycles. The second-order valence-corrected chi connectivity index (χ2v) is 8.45. The summed E-state index contributed by atoms with van der Waals surface area (Å²) in [6, 6.07) is 11.7. The molecule has 1 heterocycles. The van der Waals surface area contributed by atoms with Crippen LogP contribution in [0.4, 0.5) is 0 Å². The Morgan fingerprint density at radius 3 is 2.52 bits per heavy atom. The normalized spacial score (nSPS) is 12.7. The summed E-state index contributed by atoms with van der Waals surface area (Å²) in [7, 11) is -1.65. The molecule has 1 aromatic heterocycles. The zero-order valence-corrected chi connectivity index (χ0v) is 16.2. The topological polar surface area (TPSA) is 85.6 Å². The van der Waals surface area contributed by atoms with E-state index < -0.39 is 9.84 Å². The molecule has 0 aliphatic carbocycles. The Hall–Kier alpha value is -2.80. The minimum atomic E-state index is -3.24. The summed E-state index contributed by atoms with van der Waals surface area (Å²) >= 11 is 0. The molecule has 1 amide bonds. The van der Waals surface area contributed by atoms with E-state index in [4.69, 9.17) is 9.15 Å². The van der Waals surface area contributed by atoms with Gasteiger partial charge < -0.3 is 14.5 Å². The third-order valence-corrected chi connectivity index (χ3v) is 5.53. The number of hydrogen-bond donors (Lipinski definition) is 1. The molecule has 0 bridgehead atoms. The Morgan fingerprint density at radius 1 is 1.19 bits per heavy atom. The fourth-order valence-electron chi connectivity index (χ4n) is 2.88. The van der Waals surface area contributed by atoms with Crippen molar-refractivity contribution in [2.45, 2.75) is 24.3 Å². The van der Waals surface area contributed by atoms with Crippen LogP contribution in [0.15, 0.2) is 58.0 Å². The highest BCUT2D eigenvalue weighted by atomic mass is 32.2. The standard InChI is InChI=1S/C20H21NO5S/c1-13(14-4-7-17(8-5-14)27(3,23)24)21-20(22)10-15-12-26-19-11-16(25-2)6-9-18(15)19/h4-9,11-13H,10H2,1-3H3,(H,21,22)/t13-/m1/s1. The minimum Gasteiger partial charge on any atom is -0.497 e. The van der Waals surface area contributed by atoms with Gasteiger partial charge in [0, 0.05) is 23.3 Å². The van der Waals surface area contributed by atoms with Gasteiger partial charge in [-0.1, -0.05) is 12.1 Å². The van der Waals surface area contributed by atoms with Gasteiger partial charge in [-0.2, -0.15) is 0 Å². The van der Waals surface area contributed by atoms with Gasteiger partial charge in [0.05, 0.1) is 30.7 Å². The van der Waals surface area contributed by atoms with Gasteiger partial charge in [-0.05, 0) is 36.8 Å². The molecule has 1 atom stereocenters. The third-order valence-electron chi connectivity index (χ3n) is 4.40. The number of methoxy groups -OCH3 is 1. The lowest BCUT2D eigenvalue weighted by Crippen LogP contribution is -2.28. The van der Waals surface area contributed by atoms with Crippen LogP contribution in [0.1, 0.15) is 24.1 Å². The molecule has 0 fully saturated rings. The predicted molar refractivity (Wildman–Crippen MR) is 103 cm³/mol. The first kappa shape index (κ1) is 19.0. The summed E-state index contributed by atoms with van der Waals surface area (Å²) in [5.74, 6) is 0.548. The van der Waals surface area contributed by atoms with E-state index in [1.807, 2.05) is 19.1 Å². The van der Waals surface area contributed by atoms with E-state index in [9.17, 15) is 13.2 Å². The fourth-order valence-corrected chi connectivity index (χ4v) is 3.51. The van der Waals surface area contributed by atoms with Crippen LogP contribution in [0.2, 0.25) is 0 Å². The average Bonchev–Trinajstić information content (AvgIpc) is 3.02. The van der Waals surface area contributed by atoms with Gasteiger partial charge in [0.15, 0.2) is 9.84 Å². The highest BCUT2D eigenvalue weighted by molar-refractivity contribution is 7.90. The van der Waals surface area contributed by atoms with E-state index in [0.717, 1.165) is 22.8 Å². The van der Waals surface area contributed by atoms with Crippen molar-refractivity contribution in [2.75, 3.05) is 13.4 Å². The van der Waals surface area contributed by atoms with E-state index in [-0.39, 0.29) is 23.3 Å². The molecule has 3 aromatic rings. The number of carbonyl (C=O) groups excluding carboxylic acids is 1. The van der Waals surface area contributed by atoms with E-state index in [0.29, 0.717) is 11.3 Å². The number of benzene rings is 2. The van der Waals surface area contributed by atoms with Gasteiger partial charge >= 0.3 is 0 Å². The summed E-state index contributed by atoms with van der Waals surface area (Å²) in [4.78, 5) is 12.7. The molecule has 2 aromatic carbocycles. The van der Waals surface area contributed by atoms with Crippen LogP contribution in [0.5, 0.6) is 5.75 Å². The van der Waals surface area contributed by atoms with Crippen molar-refractivity contribution in [1.82, 2.24) is 5.32 Å². The van der Waals surface area contributed by atoms with Crippen LogP contribution >= 0.6 is 0 Å². The van der Waals surface area contributed by atoms with Gasteiger partial charge in [-0.25, -0.2) is 8.42 Å². The molecule has 3 rings (SSSR count). The Morgan fingerprint density at radius 2 is 1.89 bits per heavy atom. The van der Waals surface area contributed by atoms with Gasteiger partial charge in [-0.3, -0.25) is 4.79 Å². The van der Waals surface area contributed by atoms with Crippen molar-refractivity contribution in [3.8, 4) is 5.75 Å². The lowest BCUT2D eigenvalue weighted by molar-refractivity contribution is -0.121. The number of sulfone groups is 1. The second-order valence-electron chi connectivity index (χ2n) is 6.43. The molecule has 0 aliphatic rings. The summed E-state index contributed by atoms with van der Waals surface area (Å²) < 4.78 is 33.7.